The van der Waals surface area contributed by atoms with E-state index in [1.165, 1.54) is 0 Å². The summed E-state index contributed by atoms with van der Waals surface area (Å²) in [5.74, 6) is 0.877. The molecule has 0 heterocycles. The summed E-state index contributed by atoms with van der Waals surface area (Å²) >= 11 is 13.7. The van der Waals surface area contributed by atoms with E-state index in [9.17, 15) is 0 Å². The molecule has 16 heavy (non-hydrogen) atoms. The van der Waals surface area contributed by atoms with Gasteiger partial charge in [0.05, 0.1) is 5.37 Å². The second-order valence-electron chi connectivity index (χ2n) is 3.36. The molecule has 0 aliphatic carbocycles. The highest BCUT2D eigenvalue weighted by Gasteiger charge is 2.04. The van der Waals surface area contributed by atoms with Gasteiger partial charge >= 0.3 is 0 Å². The summed E-state index contributed by atoms with van der Waals surface area (Å²) in [6.07, 6.45) is 3.92. The first kappa shape index (κ1) is 13.8. The number of nitrogens with one attached hydrogen (secondary N) is 1. The van der Waals surface area contributed by atoms with Gasteiger partial charge in [-0.3, -0.25) is 0 Å². The number of hydrogen-bond donors (Lipinski definition) is 1. The van der Waals surface area contributed by atoms with Crippen LogP contribution in [0.15, 0.2) is 30.5 Å². The minimum Gasteiger partial charge on any atom is -0.380 e. The van der Waals surface area contributed by atoms with Gasteiger partial charge in [0.25, 0.3) is 0 Å². The van der Waals surface area contributed by atoms with Crippen LogP contribution < -0.4 is 5.32 Å². The number of halogens is 2. The van der Waals surface area contributed by atoms with Crippen molar-refractivity contribution >= 4 is 35.0 Å². The molecule has 0 aliphatic rings. The second kappa shape index (κ2) is 7.10. The van der Waals surface area contributed by atoms with Crippen LogP contribution in [0.4, 0.5) is 0 Å². The lowest BCUT2D eigenvalue weighted by molar-refractivity contribution is 0.853. The van der Waals surface area contributed by atoms with E-state index in [1.807, 2.05) is 31.3 Å². The third-order valence-corrected chi connectivity index (χ3v) is 3.70. The predicted octanol–water partition coefficient (Wildman–Crippen LogP) is 4.70. The quantitative estimate of drug-likeness (QED) is 0.782. The Hall–Kier alpha value is -0.310. The van der Waals surface area contributed by atoms with Crippen LogP contribution in [0.5, 0.6) is 0 Å². The van der Waals surface area contributed by atoms with E-state index in [0.717, 1.165) is 16.3 Å². The number of thioether (sulfide) groups is 1. The van der Waals surface area contributed by atoms with Gasteiger partial charge in [0.1, 0.15) is 0 Å². The highest BCUT2D eigenvalue weighted by molar-refractivity contribution is 7.99. The maximum atomic E-state index is 6.09. The fraction of sp³-hybridized carbons (Fsp3) is 0.333. The second-order valence-corrected chi connectivity index (χ2v) is 5.53. The molecule has 0 amide bonds. The van der Waals surface area contributed by atoms with Gasteiger partial charge in [-0.15, -0.1) is 11.8 Å². The third-order valence-electron chi connectivity index (χ3n) is 2.00. The van der Waals surface area contributed by atoms with Crippen molar-refractivity contribution in [3.63, 3.8) is 0 Å². The van der Waals surface area contributed by atoms with Gasteiger partial charge in [0, 0.05) is 15.8 Å². The largest absolute Gasteiger partial charge is 0.380 e. The molecule has 1 rings (SSSR count). The maximum absolute atomic E-state index is 6.09. The highest BCUT2D eigenvalue weighted by Crippen LogP contribution is 2.25. The van der Waals surface area contributed by atoms with Crippen molar-refractivity contribution in [2.24, 2.45) is 0 Å². The summed E-state index contributed by atoms with van der Waals surface area (Å²) < 4.78 is 0. The van der Waals surface area contributed by atoms with Gasteiger partial charge in [-0.1, -0.05) is 35.3 Å². The van der Waals surface area contributed by atoms with Crippen molar-refractivity contribution < 1.29 is 0 Å². The van der Waals surface area contributed by atoms with E-state index in [4.69, 9.17) is 23.2 Å². The van der Waals surface area contributed by atoms with Crippen molar-refractivity contribution in [3.05, 3.63) is 46.1 Å². The first-order valence-corrected chi connectivity index (χ1v) is 6.86. The SMILES string of the molecule is C/C=C\NC(C)SCc1ccc(Cl)cc1Cl. The Morgan fingerprint density at radius 1 is 1.44 bits per heavy atom. The normalized spacial score (nSPS) is 13.0. The van der Waals surface area contributed by atoms with Crippen molar-refractivity contribution in [2.45, 2.75) is 25.0 Å². The minimum absolute atomic E-state index is 0.364. The lowest BCUT2D eigenvalue weighted by Gasteiger charge is -2.12. The molecule has 1 aromatic carbocycles. The molecule has 0 bridgehead atoms. The molecule has 1 N–H and O–H groups in total. The Morgan fingerprint density at radius 3 is 2.81 bits per heavy atom. The standard InChI is InChI=1S/C12H15Cl2NS/c1-3-6-15-9(2)16-8-10-4-5-11(13)7-12(10)14/h3-7,9,15H,8H2,1-2H3/b6-3-. The van der Waals surface area contributed by atoms with E-state index in [2.05, 4.69) is 12.2 Å². The molecular weight excluding hydrogens is 261 g/mol. The Kier molecular flexibility index (Phi) is 6.10. The van der Waals surface area contributed by atoms with Crippen molar-refractivity contribution in [3.8, 4) is 0 Å². The lowest BCUT2D eigenvalue weighted by Crippen LogP contribution is -2.16. The van der Waals surface area contributed by atoms with Crippen LogP contribution in [0.25, 0.3) is 0 Å². The zero-order valence-electron chi connectivity index (χ0n) is 9.34. The summed E-state index contributed by atoms with van der Waals surface area (Å²) in [5, 5.41) is 5.02. The van der Waals surface area contributed by atoms with Crippen LogP contribution in [0.2, 0.25) is 10.0 Å². The van der Waals surface area contributed by atoms with Gasteiger partial charge in [-0.25, -0.2) is 0 Å². The van der Waals surface area contributed by atoms with E-state index in [0.29, 0.717) is 10.4 Å². The van der Waals surface area contributed by atoms with Crippen molar-refractivity contribution in [2.75, 3.05) is 0 Å². The van der Waals surface area contributed by atoms with Crippen molar-refractivity contribution in [1.29, 1.82) is 0 Å². The van der Waals surface area contributed by atoms with Crippen LogP contribution >= 0.6 is 35.0 Å². The molecule has 0 aliphatic heterocycles. The Morgan fingerprint density at radius 2 is 2.19 bits per heavy atom. The smallest absolute Gasteiger partial charge is 0.0692 e. The molecule has 0 radical (unpaired) electrons. The molecule has 0 fully saturated rings. The number of rotatable bonds is 5. The Balaban J connectivity index is 2.48. The van der Waals surface area contributed by atoms with Crippen LogP contribution in [-0.2, 0) is 5.75 Å². The van der Waals surface area contributed by atoms with Gasteiger partial charge in [-0.2, -0.15) is 0 Å². The summed E-state index contributed by atoms with van der Waals surface area (Å²) in [5.41, 5.74) is 1.12. The van der Waals surface area contributed by atoms with Gasteiger partial charge in [0.2, 0.25) is 0 Å². The fourth-order valence-electron chi connectivity index (χ4n) is 1.13. The van der Waals surface area contributed by atoms with E-state index in [1.54, 1.807) is 17.8 Å². The van der Waals surface area contributed by atoms with Crippen LogP contribution in [0.3, 0.4) is 0 Å². The number of allylic oxidation sites excluding steroid dienone is 1. The molecule has 0 aromatic heterocycles. The van der Waals surface area contributed by atoms with E-state index >= 15 is 0 Å². The first-order valence-electron chi connectivity index (χ1n) is 5.06. The molecule has 0 saturated heterocycles. The van der Waals surface area contributed by atoms with Crippen molar-refractivity contribution in [1.82, 2.24) is 5.32 Å². The summed E-state index contributed by atoms with van der Waals surface area (Å²) in [4.78, 5) is 0. The third kappa shape index (κ3) is 4.69. The monoisotopic (exact) mass is 275 g/mol. The Labute approximate surface area is 111 Å². The molecule has 4 heteroatoms. The molecule has 1 nitrogen and oxygen atoms in total. The zero-order valence-corrected chi connectivity index (χ0v) is 11.7. The maximum Gasteiger partial charge on any atom is 0.0692 e. The van der Waals surface area contributed by atoms with E-state index in [-0.39, 0.29) is 0 Å². The van der Waals surface area contributed by atoms with Crippen LogP contribution in [-0.4, -0.2) is 5.37 Å². The highest BCUT2D eigenvalue weighted by atomic mass is 35.5. The topological polar surface area (TPSA) is 12.0 Å². The molecular formula is C12H15Cl2NS. The molecule has 0 saturated carbocycles. The first-order chi connectivity index (χ1) is 7.63. The van der Waals surface area contributed by atoms with Gasteiger partial charge in [-0.05, 0) is 37.7 Å². The zero-order chi connectivity index (χ0) is 12.0. The van der Waals surface area contributed by atoms with Crippen LogP contribution in [0.1, 0.15) is 19.4 Å². The number of benzene rings is 1. The minimum atomic E-state index is 0.364. The van der Waals surface area contributed by atoms with E-state index < -0.39 is 0 Å². The average Bonchev–Trinajstić information content (AvgIpc) is 2.25. The molecule has 88 valence electrons. The lowest BCUT2D eigenvalue weighted by atomic mass is 10.2. The molecule has 1 unspecified atom stereocenters. The predicted molar refractivity (Wildman–Crippen MR) is 75.2 cm³/mol. The average molecular weight is 276 g/mol. The Bertz CT molecular complexity index is 366. The molecule has 1 aromatic rings. The van der Waals surface area contributed by atoms with Gasteiger partial charge in [0.15, 0.2) is 0 Å². The summed E-state index contributed by atoms with van der Waals surface area (Å²) in [6, 6.07) is 5.62. The number of hydrogen-bond acceptors (Lipinski definition) is 2. The van der Waals surface area contributed by atoms with Gasteiger partial charge < -0.3 is 5.32 Å². The van der Waals surface area contributed by atoms with Crippen LogP contribution in [0, 0.1) is 0 Å². The summed E-state index contributed by atoms with van der Waals surface area (Å²) in [6.45, 7) is 4.11. The molecule has 0 spiro atoms. The summed E-state index contributed by atoms with van der Waals surface area (Å²) in [7, 11) is 0. The fourth-order valence-corrected chi connectivity index (χ4v) is 2.54. The molecule has 1 atom stereocenters.